The number of carbonyl (C=O) groups is 1. The molecule has 0 aromatic heterocycles. The van der Waals surface area contributed by atoms with Crippen molar-refractivity contribution < 1.29 is 19.7 Å². The summed E-state index contributed by atoms with van der Waals surface area (Å²) in [6, 6.07) is 14.1. The van der Waals surface area contributed by atoms with Crippen molar-refractivity contribution in [1.29, 1.82) is 0 Å². The number of hydrogen-bond donors (Lipinski definition) is 2. The van der Waals surface area contributed by atoms with Crippen LogP contribution in [0.25, 0.3) is 6.08 Å². The largest absolute Gasteiger partial charge is 0.508 e. The van der Waals surface area contributed by atoms with Crippen molar-refractivity contribution in [2.24, 2.45) is 0 Å². The first-order valence-electron chi connectivity index (χ1n) is 8.43. The maximum Gasteiger partial charge on any atom is 0.302 e. The standard InChI is InChI=1S/C21H24O4/c1-16(22)25-21(15-10-18-8-13-20(24)14-9-18)5-3-2-4-17-6-11-19(23)12-7-17/h2,4,6-9,11-14,21,23-24H,3,5,10,15H2,1H3/b4-2+. The summed E-state index contributed by atoms with van der Waals surface area (Å²) >= 11 is 0. The van der Waals surface area contributed by atoms with Crippen LogP contribution in [0.1, 0.15) is 37.3 Å². The van der Waals surface area contributed by atoms with E-state index >= 15 is 0 Å². The van der Waals surface area contributed by atoms with E-state index < -0.39 is 0 Å². The quantitative estimate of drug-likeness (QED) is 0.697. The van der Waals surface area contributed by atoms with Gasteiger partial charge in [0.1, 0.15) is 17.6 Å². The van der Waals surface area contributed by atoms with Gasteiger partial charge in [0, 0.05) is 6.92 Å². The number of aromatic hydroxyl groups is 2. The molecule has 0 fully saturated rings. The summed E-state index contributed by atoms with van der Waals surface area (Å²) in [6.07, 6.45) is 7.00. The first kappa shape index (κ1) is 18.6. The Balaban J connectivity index is 1.83. The van der Waals surface area contributed by atoms with Crippen molar-refractivity contribution in [3.8, 4) is 11.5 Å². The summed E-state index contributed by atoms with van der Waals surface area (Å²) in [5.41, 5.74) is 2.13. The number of rotatable bonds is 8. The number of benzene rings is 2. The lowest BCUT2D eigenvalue weighted by molar-refractivity contribution is -0.146. The van der Waals surface area contributed by atoms with Gasteiger partial charge in [0.2, 0.25) is 0 Å². The molecule has 0 heterocycles. The highest BCUT2D eigenvalue weighted by molar-refractivity contribution is 5.66. The van der Waals surface area contributed by atoms with Gasteiger partial charge in [-0.15, -0.1) is 0 Å². The zero-order valence-corrected chi connectivity index (χ0v) is 14.4. The summed E-state index contributed by atoms with van der Waals surface area (Å²) in [5, 5.41) is 18.6. The molecule has 1 unspecified atom stereocenters. The van der Waals surface area contributed by atoms with E-state index in [2.05, 4.69) is 0 Å². The number of allylic oxidation sites excluding steroid dienone is 1. The van der Waals surface area contributed by atoms with E-state index in [0.29, 0.717) is 0 Å². The zero-order chi connectivity index (χ0) is 18.1. The van der Waals surface area contributed by atoms with Crippen LogP contribution in [0, 0.1) is 0 Å². The Morgan fingerprint density at radius 2 is 1.60 bits per heavy atom. The number of phenols is 2. The van der Waals surface area contributed by atoms with Crippen LogP contribution in [0.4, 0.5) is 0 Å². The predicted molar refractivity (Wildman–Crippen MR) is 98.4 cm³/mol. The molecule has 0 saturated carbocycles. The minimum atomic E-state index is -0.266. The minimum absolute atomic E-state index is 0.129. The molecule has 0 saturated heterocycles. The fraction of sp³-hybridized carbons (Fsp3) is 0.286. The van der Waals surface area contributed by atoms with Gasteiger partial charge in [-0.05, 0) is 61.1 Å². The van der Waals surface area contributed by atoms with Crippen molar-refractivity contribution in [2.75, 3.05) is 0 Å². The van der Waals surface area contributed by atoms with Crippen LogP contribution < -0.4 is 0 Å². The third kappa shape index (κ3) is 7.12. The Labute approximate surface area is 148 Å². The highest BCUT2D eigenvalue weighted by atomic mass is 16.5. The molecule has 2 rings (SSSR count). The van der Waals surface area contributed by atoms with Gasteiger partial charge >= 0.3 is 5.97 Å². The molecule has 0 aliphatic rings. The predicted octanol–water partition coefficient (Wildman–Crippen LogP) is 4.46. The average molecular weight is 340 g/mol. The molecule has 0 bridgehead atoms. The van der Waals surface area contributed by atoms with E-state index in [4.69, 9.17) is 4.74 Å². The number of hydrogen-bond acceptors (Lipinski definition) is 4. The molecule has 2 aromatic rings. The van der Waals surface area contributed by atoms with Crippen LogP contribution in [-0.2, 0) is 16.0 Å². The molecule has 0 aliphatic carbocycles. The molecule has 2 N–H and O–H groups in total. The maximum atomic E-state index is 11.3. The second-order valence-corrected chi connectivity index (χ2v) is 6.01. The molecular formula is C21H24O4. The topological polar surface area (TPSA) is 66.8 Å². The SMILES string of the molecule is CC(=O)OC(CC/C=C/c1ccc(O)cc1)CCc1ccc(O)cc1. The van der Waals surface area contributed by atoms with E-state index in [0.717, 1.165) is 36.8 Å². The summed E-state index contributed by atoms with van der Waals surface area (Å²) in [5.74, 6) is 0.235. The van der Waals surface area contributed by atoms with Gasteiger partial charge < -0.3 is 14.9 Å². The lowest BCUT2D eigenvalue weighted by Gasteiger charge is -2.16. The number of aryl methyl sites for hydroxylation is 1. The van der Waals surface area contributed by atoms with Crippen LogP contribution >= 0.6 is 0 Å². The average Bonchev–Trinajstić information content (AvgIpc) is 2.59. The van der Waals surface area contributed by atoms with Crippen molar-refractivity contribution >= 4 is 12.0 Å². The van der Waals surface area contributed by atoms with Crippen LogP contribution in [0.3, 0.4) is 0 Å². The first-order valence-corrected chi connectivity index (χ1v) is 8.43. The monoisotopic (exact) mass is 340 g/mol. The second kappa shape index (κ2) is 9.52. The van der Waals surface area contributed by atoms with Gasteiger partial charge in [0.05, 0.1) is 0 Å². The lowest BCUT2D eigenvalue weighted by Crippen LogP contribution is -2.17. The summed E-state index contributed by atoms with van der Waals surface area (Å²) in [4.78, 5) is 11.3. The van der Waals surface area contributed by atoms with Crippen LogP contribution in [0.2, 0.25) is 0 Å². The summed E-state index contributed by atoms with van der Waals surface area (Å²) < 4.78 is 5.41. The smallest absolute Gasteiger partial charge is 0.302 e. The number of phenolic OH excluding ortho intramolecular Hbond substituents is 2. The van der Waals surface area contributed by atoms with Crippen molar-refractivity contribution in [2.45, 2.75) is 38.7 Å². The Hall–Kier alpha value is -2.75. The Kier molecular flexibility index (Phi) is 7.08. The fourth-order valence-corrected chi connectivity index (χ4v) is 2.57. The van der Waals surface area contributed by atoms with Gasteiger partial charge in [0.15, 0.2) is 0 Å². The molecular weight excluding hydrogens is 316 g/mol. The molecule has 4 heteroatoms. The fourth-order valence-electron chi connectivity index (χ4n) is 2.57. The molecule has 132 valence electrons. The van der Waals surface area contributed by atoms with Gasteiger partial charge in [0.25, 0.3) is 0 Å². The van der Waals surface area contributed by atoms with Crippen LogP contribution in [0.5, 0.6) is 11.5 Å². The van der Waals surface area contributed by atoms with Crippen molar-refractivity contribution in [3.63, 3.8) is 0 Å². The highest BCUT2D eigenvalue weighted by Gasteiger charge is 2.11. The third-order valence-electron chi connectivity index (χ3n) is 3.88. The lowest BCUT2D eigenvalue weighted by atomic mass is 10.0. The molecule has 25 heavy (non-hydrogen) atoms. The first-order chi connectivity index (χ1) is 12.0. The number of ether oxygens (including phenoxy) is 1. The Morgan fingerprint density at radius 1 is 1.00 bits per heavy atom. The van der Waals surface area contributed by atoms with Crippen LogP contribution in [-0.4, -0.2) is 22.3 Å². The molecule has 4 nitrogen and oxygen atoms in total. The van der Waals surface area contributed by atoms with E-state index in [1.165, 1.54) is 6.92 Å². The van der Waals surface area contributed by atoms with Gasteiger partial charge in [-0.2, -0.15) is 0 Å². The summed E-state index contributed by atoms with van der Waals surface area (Å²) in [7, 11) is 0. The van der Waals surface area contributed by atoms with Crippen LogP contribution in [0.15, 0.2) is 54.6 Å². The van der Waals surface area contributed by atoms with Gasteiger partial charge in [-0.25, -0.2) is 0 Å². The molecule has 0 radical (unpaired) electrons. The summed E-state index contributed by atoms with van der Waals surface area (Å²) in [6.45, 7) is 1.43. The van der Waals surface area contributed by atoms with E-state index in [9.17, 15) is 15.0 Å². The van der Waals surface area contributed by atoms with Gasteiger partial charge in [-0.3, -0.25) is 4.79 Å². The molecule has 0 spiro atoms. The molecule has 1 atom stereocenters. The Morgan fingerprint density at radius 3 is 2.20 bits per heavy atom. The second-order valence-electron chi connectivity index (χ2n) is 6.01. The number of carbonyl (C=O) groups excluding carboxylic acids is 1. The van der Waals surface area contributed by atoms with Crippen molar-refractivity contribution in [3.05, 3.63) is 65.7 Å². The van der Waals surface area contributed by atoms with Crippen molar-refractivity contribution in [1.82, 2.24) is 0 Å². The van der Waals surface area contributed by atoms with E-state index in [1.54, 1.807) is 24.3 Å². The molecule has 2 aromatic carbocycles. The normalized spacial score (nSPS) is 12.2. The van der Waals surface area contributed by atoms with E-state index in [1.807, 2.05) is 36.4 Å². The minimum Gasteiger partial charge on any atom is -0.508 e. The zero-order valence-electron chi connectivity index (χ0n) is 14.4. The van der Waals surface area contributed by atoms with E-state index in [-0.39, 0.29) is 23.6 Å². The molecule has 0 amide bonds. The molecule has 0 aliphatic heterocycles. The highest BCUT2D eigenvalue weighted by Crippen LogP contribution is 2.16. The van der Waals surface area contributed by atoms with Gasteiger partial charge in [-0.1, -0.05) is 36.4 Å². The maximum absolute atomic E-state index is 11.3. The number of esters is 1. The Bertz CT molecular complexity index is 687. The third-order valence-corrected chi connectivity index (χ3v) is 3.88.